The third-order valence-corrected chi connectivity index (χ3v) is 5.97. The van der Waals surface area contributed by atoms with Gasteiger partial charge < -0.3 is 10.2 Å². The van der Waals surface area contributed by atoms with Crippen LogP contribution in [0.15, 0.2) is 66.7 Å². The van der Waals surface area contributed by atoms with Crippen LogP contribution in [0.5, 0.6) is 0 Å². The van der Waals surface area contributed by atoms with Gasteiger partial charge in [0.05, 0.1) is 11.3 Å². The van der Waals surface area contributed by atoms with Gasteiger partial charge in [0.25, 0.3) is 0 Å². The molecule has 1 aliphatic heterocycles. The molecule has 0 saturated carbocycles. The molecule has 1 fully saturated rings. The number of fused-ring (bicyclic) bond motifs is 1. The number of amides is 2. The first-order valence-corrected chi connectivity index (χ1v) is 9.82. The van der Waals surface area contributed by atoms with Crippen LogP contribution >= 0.6 is 11.8 Å². The van der Waals surface area contributed by atoms with Crippen molar-refractivity contribution in [3.05, 3.63) is 77.9 Å². The molecule has 0 spiro atoms. The maximum absolute atomic E-state index is 12.9. The third-order valence-electron chi connectivity index (χ3n) is 4.71. The molecule has 1 saturated heterocycles. The maximum atomic E-state index is 12.9. The van der Waals surface area contributed by atoms with E-state index in [0.29, 0.717) is 17.8 Å². The van der Waals surface area contributed by atoms with Crippen molar-refractivity contribution in [2.75, 3.05) is 17.6 Å². The molecule has 3 aromatic carbocycles. The summed E-state index contributed by atoms with van der Waals surface area (Å²) in [6.07, 6.45) is -4.37. The van der Waals surface area contributed by atoms with Crippen molar-refractivity contribution in [1.82, 2.24) is 4.90 Å². The van der Waals surface area contributed by atoms with Gasteiger partial charge in [-0.2, -0.15) is 13.2 Å². The summed E-state index contributed by atoms with van der Waals surface area (Å²) < 4.78 is 38.4. The van der Waals surface area contributed by atoms with E-state index in [4.69, 9.17) is 0 Å². The Morgan fingerprint density at radius 3 is 2.46 bits per heavy atom. The molecule has 1 aliphatic rings. The molecule has 1 N–H and O–H groups in total. The molecule has 3 aromatic rings. The molecular weight excluding hydrogens is 385 g/mol. The highest BCUT2D eigenvalue weighted by Crippen LogP contribution is 2.39. The second kappa shape index (κ2) is 7.39. The van der Waals surface area contributed by atoms with Crippen LogP contribution in [0.3, 0.4) is 0 Å². The largest absolute Gasteiger partial charge is 0.416 e. The molecule has 1 atom stereocenters. The van der Waals surface area contributed by atoms with Crippen molar-refractivity contribution >= 4 is 34.3 Å². The minimum atomic E-state index is -4.37. The topological polar surface area (TPSA) is 32.3 Å². The summed E-state index contributed by atoms with van der Waals surface area (Å²) in [5, 5.41) is 4.61. The Morgan fingerprint density at radius 1 is 1.00 bits per heavy atom. The van der Waals surface area contributed by atoms with Crippen molar-refractivity contribution in [2.45, 2.75) is 11.6 Å². The predicted molar refractivity (Wildman–Crippen MR) is 106 cm³/mol. The fraction of sp³-hybridized carbons (Fsp3) is 0.190. The van der Waals surface area contributed by atoms with Gasteiger partial charge in [-0.05, 0) is 29.1 Å². The van der Waals surface area contributed by atoms with Gasteiger partial charge in [-0.15, -0.1) is 11.8 Å². The summed E-state index contributed by atoms with van der Waals surface area (Å²) in [5.41, 5.74) is 0.709. The quantitative estimate of drug-likeness (QED) is 0.559. The van der Waals surface area contributed by atoms with Crippen molar-refractivity contribution in [1.29, 1.82) is 0 Å². The lowest BCUT2D eigenvalue weighted by Gasteiger charge is -2.25. The van der Waals surface area contributed by atoms with E-state index in [2.05, 4.69) is 5.32 Å². The normalized spacial score (nSPS) is 17.1. The second-order valence-corrected chi connectivity index (χ2v) is 7.68. The number of halogens is 3. The Balaban J connectivity index is 1.55. The number of thioether (sulfide) groups is 1. The van der Waals surface area contributed by atoms with Gasteiger partial charge in [0, 0.05) is 17.7 Å². The van der Waals surface area contributed by atoms with Crippen LogP contribution in [0, 0.1) is 0 Å². The number of carbonyl (C=O) groups is 1. The van der Waals surface area contributed by atoms with E-state index in [-0.39, 0.29) is 11.4 Å². The zero-order chi connectivity index (χ0) is 19.7. The minimum absolute atomic E-state index is 0.258. The summed E-state index contributed by atoms with van der Waals surface area (Å²) in [7, 11) is 0. The summed E-state index contributed by atoms with van der Waals surface area (Å²) in [5.74, 6) is 0.731. The molecule has 7 heteroatoms. The number of carbonyl (C=O) groups excluding carboxylic acids is 1. The van der Waals surface area contributed by atoms with E-state index in [9.17, 15) is 18.0 Å². The summed E-state index contributed by atoms with van der Waals surface area (Å²) in [6.45, 7) is 0.535. The van der Waals surface area contributed by atoms with E-state index in [1.54, 1.807) is 16.7 Å². The number of hydrogen-bond acceptors (Lipinski definition) is 2. The lowest BCUT2D eigenvalue weighted by Crippen LogP contribution is -2.34. The summed E-state index contributed by atoms with van der Waals surface area (Å²) >= 11 is 1.54. The standard InChI is InChI=1S/C21H17F3N2OS/c22-21(23,24)16-10-8-15(9-11-16)19-26(12-13-28-19)20(27)25-18-7-3-5-14-4-1-2-6-17(14)18/h1-11,19H,12-13H2,(H,25,27). The summed E-state index contributed by atoms with van der Waals surface area (Å²) in [6, 6.07) is 18.2. The van der Waals surface area contributed by atoms with Gasteiger partial charge in [-0.3, -0.25) is 0 Å². The zero-order valence-electron chi connectivity index (χ0n) is 14.7. The van der Waals surface area contributed by atoms with Crippen LogP contribution in [0.2, 0.25) is 0 Å². The lowest BCUT2D eigenvalue weighted by molar-refractivity contribution is -0.137. The van der Waals surface area contributed by atoms with E-state index >= 15 is 0 Å². The number of nitrogens with zero attached hydrogens (tertiary/aromatic N) is 1. The van der Waals surface area contributed by atoms with Crippen molar-refractivity contribution in [3.63, 3.8) is 0 Å². The first-order chi connectivity index (χ1) is 13.4. The molecule has 0 aliphatic carbocycles. The molecule has 1 unspecified atom stereocenters. The van der Waals surface area contributed by atoms with E-state index in [1.165, 1.54) is 12.1 Å². The summed E-state index contributed by atoms with van der Waals surface area (Å²) in [4.78, 5) is 14.6. The van der Waals surface area contributed by atoms with Gasteiger partial charge in [0.15, 0.2) is 0 Å². The van der Waals surface area contributed by atoms with Crippen molar-refractivity contribution in [3.8, 4) is 0 Å². The number of nitrogens with one attached hydrogen (secondary N) is 1. The fourth-order valence-corrected chi connectivity index (χ4v) is 4.57. The zero-order valence-corrected chi connectivity index (χ0v) is 15.6. The Morgan fingerprint density at radius 2 is 1.71 bits per heavy atom. The molecule has 2 amide bonds. The lowest BCUT2D eigenvalue weighted by atomic mass is 10.1. The van der Waals surface area contributed by atoms with Gasteiger partial charge in [-0.1, -0.05) is 48.5 Å². The number of alkyl halides is 3. The van der Waals surface area contributed by atoms with Crippen molar-refractivity contribution < 1.29 is 18.0 Å². The number of hydrogen-bond donors (Lipinski definition) is 1. The first kappa shape index (κ1) is 18.7. The molecule has 3 nitrogen and oxygen atoms in total. The minimum Gasteiger partial charge on any atom is -0.308 e. The second-order valence-electron chi connectivity index (χ2n) is 6.49. The maximum Gasteiger partial charge on any atom is 0.416 e. The number of rotatable bonds is 2. The van der Waals surface area contributed by atoms with Gasteiger partial charge >= 0.3 is 12.2 Å². The van der Waals surface area contributed by atoms with Crippen LogP contribution in [0.1, 0.15) is 16.5 Å². The van der Waals surface area contributed by atoms with Gasteiger partial charge in [0.2, 0.25) is 0 Å². The van der Waals surface area contributed by atoms with Crippen LogP contribution in [-0.4, -0.2) is 23.2 Å². The molecule has 28 heavy (non-hydrogen) atoms. The van der Waals surface area contributed by atoms with Crippen LogP contribution < -0.4 is 5.32 Å². The molecule has 0 radical (unpaired) electrons. The molecule has 1 heterocycles. The molecular formula is C21H17F3N2OS. The number of urea groups is 1. The van der Waals surface area contributed by atoms with E-state index < -0.39 is 11.7 Å². The average Bonchev–Trinajstić information content (AvgIpc) is 3.18. The third kappa shape index (κ3) is 3.67. The van der Waals surface area contributed by atoms with Crippen molar-refractivity contribution in [2.24, 2.45) is 0 Å². The number of benzene rings is 3. The van der Waals surface area contributed by atoms with E-state index in [0.717, 1.165) is 28.7 Å². The van der Waals surface area contributed by atoms with Crippen LogP contribution in [0.4, 0.5) is 23.7 Å². The number of anilines is 1. The van der Waals surface area contributed by atoms with E-state index in [1.807, 2.05) is 42.5 Å². The smallest absolute Gasteiger partial charge is 0.308 e. The Labute approximate surface area is 164 Å². The molecule has 0 aromatic heterocycles. The SMILES string of the molecule is O=C(Nc1cccc2ccccc12)N1CCSC1c1ccc(C(F)(F)F)cc1. The monoisotopic (exact) mass is 402 g/mol. The molecule has 144 valence electrons. The van der Waals surface area contributed by atoms with Crippen LogP contribution in [0.25, 0.3) is 10.8 Å². The average molecular weight is 402 g/mol. The van der Waals surface area contributed by atoms with Gasteiger partial charge in [0.1, 0.15) is 5.37 Å². The fourth-order valence-electron chi connectivity index (χ4n) is 3.31. The van der Waals surface area contributed by atoms with Crippen LogP contribution in [-0.2, 0) is 6.18 Å². The highest BCUT2D eigenvalue weighted by molar-refractivity contribution is 7.99. The predicted octanol–water partition coefficient (Wildman–Crippen LogP) is 6.14. The Hall–Kier alpha value is -2.67. The Bertz CT molecular complexity index is 999. The van der Waals surface area contributed by atoms with Gasteiger partial charge in [-0.25, -0.2) is 4.79 Å². The first-order valence-electron chi connectivity index (χ1n) is 8.77. The highest BCUT2D eigenvalue weighted by Gasteiger charge is 2.33. The highest BCUT2D eigenvalue weighted by atomic mass is 32.2. The Kier molecular flexibility index (Phi) is 4.93. The molecule has 4 rings (SSSR count). The molecule has 0 bridgehead atoms.